The van der Waals surface area contributed by atoms with Crippen LogP contribution in [-0.2, 0) is 0 Å². The molecule has 6 heteroatoms. The maximum atomic E-state index is 8.95. The zero-order valence-corrected chi connectivity index (χ0v) is 11.8. The van der Waals surface area contributed by atoms with Crippen molar-refractivity contribution in [3.8, 4) is 12.1 Å². The summed E-state index contributed by atoms with van der Waals surface area (Å²) in [6, 6.07) is 6.77. The van der Waals surface area contributed by atoms with Gasteiger partial charge < -0.3 is 9.14 Å². The van der Waals surface area contributed by atoms with Crippen molar-refractivity contribution >= 4 is 5.65 Å². The molecule has 0 bridgehead atoms. The third-order valence-electron chi connectivity index (χ3n) is 4.40. The lowest BCUT2D eigenvalue weighted by Gasteiger charge is -2.05. The van der Waals surface area contributed by atoms with Gasteiger partial charge in [0.2, 0.25) is 0 Å². The average Bonchev–Trinajstić information content (AvgIpc) is 3.00. The van der Waals surface area contributed by atoms with Gasteiger partial charge in [0.05, 0.1) is 5.69 Å². The van der Waals surface area contributed by atoms with Crippen LogP contribution in [0.1, 0.15) is 41.8 Å². The first-order valence-corrected chi connectivity index (χ1v) is 7.42. The van der Waals surface area contributed by atoms with Gasteiger partial charge in [0.25, 0.3) is 6.01 Å². The molecule has 1 unspecified atom stereocenters. The van der Waals surface area contributed by atoms with E-state index >= 15 is 0 Å². The molecule has 1 saturated carbocycles. The quantitative estimate of drug-likeness (QED) is 0.726. The summed E-state index contributed by atoms with van der Waals surface area (Å²) in [6.45, 7) is 0.507. The normalized spacial score (nSPS) is 19.9. The van der Waals surface area contributed by atoms with Gasteiger partial charge in [-0.15, -0.1) is 0 Å². The Hall–Kier alpha value is -2.81. The predicted octanol–water partition coefficient (Wildman–Crippen LogP) is 2.26. The molecule has 1 aliphatic heterocycles. The molecule has 108 valence electrons. The number of pyridine rings is 1. The van der Waals surface area contributed by atoms with Crippen molar-refractivity contribution in [2.45, 2.75) is 24.8 Å². The minimum Gasteiger partial charge on any atom is -0.462 e. The van der Waals surface area contributed by atoms with Gasteiger partial charge in [-0.1, -0.05) is 6.07 Å². The predicted molar refractivity (Wildman–Crippen MR) is 77.7 cm³/mol. The second-order valence-electron chi connectivity index (χ2n) is 5.92. The smallest absolute Gasteiger partial charge is 0.298 e. The molecule has 3 aromatic heterocycles. The Morgan fingerprint density at radius 2 is 2.09 bits per heavy atom. The second-order valence-corrected chi connectivity index (χ2v) is 5.92. The van der Waals surface area contributed by atoms with Gasteiger partial charge in [0.1, 0.15) is 24.4 Å². The summed E-state index contributed by atoms with van der Waals surface area (Å²) in [5.41, 5.74) is 3.63. The van der Waals surface area contributed by atoms with E-state index in [-0.39, 0.29) is 6.04 Å². The highest BCUT2D eigenvalue weighted by Gasteiger charge is 2.29. The molecule has 0 aromatic carbocycles. The molecule has 0 radical (unpaired) electrons. The van der Waals surface area contributed by atoms with E-state index in [2.05, 4.69) is 33.9 Å². The van der Waals surface area contributed by atoms with Crippen LogP contribution < -0.4 is 4.74 Å². The zero-order chi connectivity index (χ0) is 14.7. The summed E-state index contributed by atoms with van der Waals surface area (Å²) in [5, 5.41) is 8.95. The highest BCUT2D eigenvalue weighted by molar-refractivity contribution is 5.43. The number of hydrogen-bond donors (Lipinski definition) is 0. The highest BCUT2D eigenvalue weighted by Crippen LogP contribution is 2.40. The lowest BCUT2D eigenvalue weighted by Crippen LogP contribution is -2.08. The van der Waals surface area contributed by atoms with Crippen molar-refractivity contribution in [2.75, 3.05) is 6.61 Å². The summed E-state index contributed by atoms with van der Waals surface area (Å²) >= 11 is 0. The molecule has 1 fully saturated rings. The Morgan fingerprint density at radius 3 is 2.91 bits per heavy atom. The number of imidazole rings is 2. The number of aromatic nitrogens is 4. The molecule has 0 N–H and O–H groups in total. The molecule has 2 aliphatic rings. The van der Waals surface area contributed by atoms with Crippen LogP contribution in [0.3, 0.4) is 0 Å². The number of hydrogen-bond acceptors (Lipinski definition) is 4. The van der Waals surface area contributed by atoms with Crippen LogP contribution >= 0.6 is 0 Å². The largest absolute Gasteiger partial charge is 0.462 e. The number of nitrogens with zero attached hydrogens (tertiary/aromatic N) is 5. The molecule has 1 aliphatic carbocycles. The molecule has 0 spiro atoms. The van der Waals surface area contributed by atoms with E-state index in [4.69, 9.17) is 15.0 Å². The topological polar surface area (TPSA) is 68.1 Å². The van der Waals surface area contributed by atoms with Crippen molar-refractivity contribution in [1.82, 2.24) is 18.9 Å². The van der Waals surface area contributed by atoms with Crippen molar-refractivity contribution in [3.05, 3.63) is 47.7 Å². The molecule has 1 atom stereocenters. The van der Waals surface area contributed by atoms with E-state index in [0.717, 1.165) is 17.3 Å². The van der Waals surface area contributed by atoms with Gasteiger partial charge in [-0.2, -0.15) is 10.2 Å². The molecule has 0 saturated heterocycles. The summed E-state index contributed by atoms with van der Waals surface area (Å²) < 4.78 is 9.54. The Labute approximate surface area is 126 Å². The fourth-order valence-electron chi connectivity index (χ4n) is 3.07. The zero-order valence-electron chi connectivity index (χ0n) is 11.8. The van der Waals surface area contributed by atoms with Gasteiger partial charge in [0, 0.05) is 18.6 Å². The van der Waals surface area contributed by atoms with Gasteiger partial charge in [0.15, 0.2) is 5.69 Å². The Kier molecular flexibility index (Phi) is 2.20. The first-order valence-electron chi connectivity index (χ1n) is 7.42. The number of nitriles is 1. The van der Waals surface area contributed by atoms with E-state index in [1.807, 2.05) is 10.6 Å². The maximum Gasteiger partial charge on any atom is 0.298 e. The Balaban J connectivity index is 1.57. The minimum absolute atomic E-state index is 0.0196. The SMILES string of the molecule is N#Cc1cn2c(n1)OCC2c1cn2cc(C3CC3)ccc2n1. The van der Waals surface area contributed by atoms with E-state index in [9.17, 15) is 0 Å². The summed E-state index contributed by atoms with van der Waals surface area (Å²) in [6.07, 6.45) is 8.54. The van der Waals surface area contributed by atoms with Crippen LogP contribution in [0.2, 0.25) is 0 Å². The molecule has 22 heavy (non-hydrogen) atoms. The molecule has 5 rings (SSSR count). The van der Waals surface area contributed by atoms with Crippen molar-refractivity contribution in [3.63, 3.8) is 0 Å². The van der Waals surface area contributed by atoms with E-state index in [1.165, 1.54) is 18.4 Å². The molecular weight excluding hydrogens is 278 g/mol. The summed E-state index contributed by atoms with van der Waals surface area (Å²) in [4.78, 5) is 8.83. The standard InChI is InChI=1S/C16H13N5O/c17-5-12-7-21-14(9-22-16(21)18-12)13-8-20-6-11(10-1-2-10)3-4-15(20)19-13/h3-4,6-8,10,14H,1-2,9H2. The number of rotatable bonds is 2. The van der Waals surface area contributed by atoms with Crippen LogP contribution in [0.5, 0.6) is 6.01 Å². The Morgan fingerprint density at radius 1 is 1.18 bits per heavy atom. The fraction of sp³-hybridized carbons (Fsp3) is 0.312. The van der Waals surface area contributed by atoms with Crippen LogP contribution in [0.15, 0.2) is 30.7 Å². The number of fused-ring (bicyclic) bond motifs is 2. The van der Waals surface area contributed by atoms with Gasteiger partial charge >= 0.3 is 0 Å². The maximum absolute atomic E-state index is 8.95. The lowest BCUT2D eigenvalue weighted by atomic mass is 10.2. The van der Waals surface area contributed by atoms with Crippen LogP contribution in [-0.4, -0.2) is 25.5 Å². The van der Waals surface area contributed by atoms with E-state index in [1.54, 1.807) is 6.20 Å². The third-order valence-corrected chi connectivity index (χ3v) is 4.40. The molecule has 3 aromatic rings. The first kappa shape index (κ1) is 11.8. The van der Waals surface area contributed by atoms with Crippen LogP contribution in [0.4, 0.5) is 0 Å². The van der Waals surface area contributed by atoms with Gasteiger partial charge in [-0.3, -0.25) is 4.57 Å². The monoisotopic (exact) mass is 291 g/mol. The van der Waals surface area contributed by atoms with E-state index in [0.29, 0.717) is 18.3 Å². The molecular formula is C16H13N5O. The minimum atomic E-state index is -0.0196. The van der Waals surface area contributed by atoms with Gasteiger partial charge in [-0.05, 0) is 30.4 Å². The Bertz CT molecular complexity index is 928. The summed E-state index contributed by atoms with van der Waals surface area (Å²) in [7, 11) is 0. The highest BCUT2D eigenvalue weighted by atomic mass is 16.5. The molecule has 4 heterocycles. The summed E-state index contributed by atoms with van der Waals surface area (Å²) in [5.74, 6) is 0.725. The van der Waals surface area contributed by atoms with Gasteiger partial charge in [-0.25, -0.2) is 4.98 Å². The van der Waals surface area contributed by atoms with Crippen molar-refractivity contribution in [2.24, 2.45) is 0 Å². The fourth-order valence-corrected chi connectivity index (χ4v) is 3.07. The van der Waals surface area contributed by atoms with Crippen LogP contribution in [0, 0.1) is 11.3 Å². The van der Waals surface area contributed by atoms with Crippen molar-refractivity contribution < 1.29 is 4.74 Å². The third kappa shape index (κ3) is 1.65. The average molecular weight is 291 g/mol. The lowest BCUT2D eigenvalue weighted by molar-refractivity contribution is 0.330. The number of ether oxygens (including phenoxy) is 1. The molecule has 0 amide bonds. The van der Waals surface area contributed by atoms with Crippen LogP contribution in [0.25, 0.3) is 5.65 Å². The van der Waals surface area contributed by atoms with Crippen molar-refractivity contribution in [1.29, 1.82) is 5.26 Å². The first-order chi connectivity index (χ1) is 10.8. The second kappa shape index (κ2) is 4.10. The van der Waals surface area contributed by atoms with E-state index < -0.39 is 0 Å². The molecule has 6 nitrogen and oxygen atoms in total.